The molecule has 72 valence electrons. The van der Waals surface area contributed by atoms with Crippen LogP contribution in [0.25, 0.3) is 0 Å². The molecule has 0 aliphatic carbocycles. The van der Waals surface area contributed by atoms with E-state index in [4.69, 9.17) is 5.73 Å². The first kappa shape index (κ1) is 10.1. The van der Waals surface area contributed by atoms with E-state index in [1.54, 1.807) is 11.3 Å². The normalized spacial score (nSPS) is 12.8. The molecule has 0 spiro atoms. The van der Waals surface area contributed by atoms with Crippen LogP contribution in [0.4, 0.5) is 4.79 Å². The summed E-state index contributed by atoms with van der Waals surface area (Å²) in [5.41, 5.74) is 5.09. The Morgan fingerprint density at radius 2 is 2.31 bits per heavy atom. The topological polar surface area (TPSA) is 55.1 Å². The first-order valence-electron chi connectivity index (χ1n) is 4.20. The largest absolute Gasteiger partial charge is 0.352 e. The van der Waals surface area contributed by atoms with Crippen molar-refractivity contribution in [2.75, 3.05) is 0 Å². The molecule has 3 nitrogen and oxygen atoms in total. The van der Waals surface area contributed by atoms with Gasteiger partial charge in [-0.05, 0) is 17.4 Å². The predicted molar refractivity (Wildman–Crippen MR) is 54.6 cm³/mol. The fourth-order valence-corrected chi connectivity index (χ4v) is 2.14. The Bertz CT molecular complexity index is 269. The Labute approximate surface area is 81.9 Å². The summed E-state index contributed by atoms with van der Waals surface area (Å²) >= 11 is 1.63. The summed E-state index contributed by atoms with van der Waals surface area (Å²) in [6, 6.07) is 3.55. The third-order valence-electron chi connectivity index (χ3n) is 1.81. The van der Waals surface area contributed by atoms with Crippen LogP contribution in [0.15, 0.2) is 17.5 Å². The van der Waals surface area contributed by atoms with Gasteiger partial charge in [0.05, 0.1) is 6.04 Å². The second-order valence-electron chi connectivity index (χ2n) is 3.25. The van der Waals surface area contributed by atoms with Crippen molar-refractivity contribution in [2.24, 2.45) is 11.7 Å². The molecule has 1 atom stereocenters. The molecule has 4 heteroatoms. The third kappa shape index (κ3) is 2.73. The maximum atomic E-state index is 10.7. The zero-order valence-corrected chi connectivity index (χ0v) is 8.60. The molecule has 0 fully saturated rings. The van der Waals surface area contributed by atoms with Crippen molar-refractivity contribution < 1.29 is 4.79 Å². The van der Waals surface area contributed by atoms with Gasteiger partial charge in [-0.25, -0.2) is 4.79 Å². The fraction of sp³-hybridized carbons (Fsp3) is 0.444. The lowest BCUT2D eigenvalue weighted by atomic mass is 10.0. The van der Waals surface area contributed by atoms with Gasteiger partial charge in [0.15, 0.2) is 0 Å². The summed E-state index contributed by atoms with van der Waals surface area (Å²) in [6.45, 7) is 4.11. The summed E-state index contributed by atoms with van der Waals surface area (Å²) < 4.78 is 0. The molecule has 3 N–H and O–H groups in total. The van der Waals surface area contributed by atoms with Gasteiger partial charge in [0.2, 0.25) is 0 Å². The molecule has 1 aromatic heterocycles. The number of urea groups is 1. The van der Waals surface area contributed by atoms with Crippen LogP contribution in [-0.4, -0.2) is 6.03 Å². The lowest BCUT2D eigenvalue weighted by Crippen LogP contribution is -2.35. The quantitative estimate of drug-likeness (QED) is 0.768. The Balaban J connectivity index is 2.74. The molecule has 0 radical (unpaired) electrons. The number of hydrogen-bond donors (Lipinski definition) is 2. The van der Waals surface area contributed by atoms with Crippen LogP contribution in [0, 0.1) is 5.92 Å². The predicted octanol–water partition coefficient (Wildman–Crippen LogP) is 2.11. The van der Waals surface area contributed by atoms with Gasteiger partial charge in [-0.1, -0.05) is 19.9 Å². The number of hydrogen-bond acceptors (Lipinski definition) is 2. The second-order valence-corrected chi connectivity index (χ2v) is 4.22. The van der Waals surface area contributed by atoms with E-state index in [9.17, 15) is 4.79 Å². The second kappa shape index (κ2) is 4.28. The minimum Gasteiger partial charge on any atom is -0.352 e. The Kier molecular flexibility index (Phi) is 3.31. The monoisotopic (exact) mass is 198 g/mol. The molecule has 0 aliphatic rings. The molecular formula is C9H14N2OS. The molecule has 1 aromatic rings. The summed E-state index contributed by atoms with van der Waals surface area (Å²) in [4.78, 5) is 11.9. The minimum absolute atomic E-state index is 0.0394. The van der Waals surface area contributed by atoms with Gasteiger partial charge < -0.3 is 11.1 Å². The molecule has 2 amide bonds. The molecule has 13 heavy (non-hydrogen) atoms. The van der Waals surface area contributed by atoms with Gasteiger partial charge in [-0.15, -0.1) is 11.3 Å². The van der Waals surface area contributed by atoms with Crippen molar-refractivity contribution in [2.45, 2.75) is 19.9 Å². The van der Waals surface area contributed by atoms with Crippen LogP contribution < -0.4 is 11.1 Å². The van der Waals surface area contributed by atoms with Gasteiger partial charge in [-0.2, -0.15) is 0 Å². The maximum absolute atomic E-state index is 10.7. The molecular weight excluding hydrogens is 184 g/mol. The zero-order chi connectivity index (χ0) is 9.84. The molecule has 1 heterocycles. The fourth-order valence-electron chi connectivity index (χ4n) is 1.19. The number of thiophene rings is 1. The number of rotatable bonds is 3. The van der Waals surface area contributed by atoms with E-state index in [0.29, 0.717) is 5.92 Å². The molecule has 0 aromatic carbocycles. The van der Waals surface area contributed by atoms with Crippen molar-refractivity contribution in [1.82, 2.24) is 5.32 Å². The zero-order valence-electron chi connectivity index (χ0n) is 7.78. The number of nitrogens with two attached hydrogens (primary N) is 1. The Morgan fingerprint density at radius 1 is 1.62 bits per heavy atom. The van der Waals surface area contributed by atoms with Crippen LogP contribution in [0.2, 0.25) is 0 Å². The van der Waals surface area contributed by atoms with E-state index in [1.165, 1.54) is 0 Å². The van der Waals surface area contributed by atoms with E-state index in [2.05, 4.69) is 19.2 Å². The van der Waals surface area contributed by atoms with E-state index in [1.807, 2.05) is 17.5 Å². The van der Waals surface area contributed by atoms with Gasteiger partial charge in [0.25, 0.3) is 0 Å². The Morgan fingerprint density at radius 3 is 2.69 bits per heavy atom. The van der Waals surface area contributed by atoms with E-state index in [0.717, 1.165) is 4.88 Å². The lowest BCUT2D eigenvalue weighted by Gasteiger charge is -2.19. The van der Waals surface area contributed by atoms with Crippen LogP contribution in [0.1, 0.15) is 24.8 Å². The smallest absolute Gasteiger partial charge is 0.312 e. The number of carbonyl (C=O) groups excluding carboxylic acids is 1. The average molecular weight is 198 g/mol. The molecule has 1 unspecified atom stereocenters. The average Bonchev–Trinajstić information content (AvgIpc) is 2.50. The summed E-state index contributed by atoms with van der Waals surface area (Å²) in [5, 5.41) is 4.72. The van der Waals surface area contributed by atoms with Crippen molar-refractivity contribution in [3.05, 3.63) is 22.4 Å². The van der Waals surface area contributed by atoms with E-state index in [-0.39, 0.29) is 6.04 Å². The summed E-state index contributed by atoms with van der Waals surface area (Å²) in [5.74, 6) is 0.353. The first-order chi connectivity index (χ1) is 6.11. The van der Waals surface area contributed by atoms with Crippen molar-refractivity contribution in [3.63, 3.8) is 0 Å². The van der Waals surface area contributed by atoms with Crippen LogP contribution in [0.5, 0.6) is 0 Å². The van der Waals surface area contributed by atoms with Crippen molar-refractivity contribution in [3.8, 4) is 0 Å². The lowest BCUT2D eigenvalue weighted by molar-refractivity contribution is 0.242. The van der Waals surface area contributed by atoms with Crippen molar-refractivity contribution >= 4 is 17.4 Å². The summed E-state index contributed by atoms with van der Waals surface area (Å²) in [7, 11) is 0. The molecule has 0 bridgehead atoms. The highest BCUT2D eigenvalue weighted by Gasteiger charge is 2.17. The van der Waals surface area contributed by atoms with E-state index < -0.39 is 6.03 Å². The highest BCUT2D eigenvalue weighted by Crippen LogP contribution is 2.25. The summed E-state index contributed by atoms with van der Waals surface area (Å²) in [6.07, 6.45) is 0. The van der Waals surface area contributed by atoms with Gasteiger partial charge in [-0.3, -0.25) is 0 Å². The molecule has 0 saturated carbocycles. The first-order valence-corrected chi connectivity index (χ1v) is 5.08. The maximum Gasteiger partial charge on any atom is 0.312 e. The van der Waals surface area contributed by atoms with Gasteiger partial charge >= 0.3 is 6.03 Å². The number of primary amides is 1. The Hall–Kier alpha value is -1.03. The SMILES string of the molecule is CC(C)C(NC(N)=O)c1cccs1. The highest BCUT2D eigenvalue weighted by molar-refractivity contribution is 7.10. The van der Waals surface area contributed by atoms with E-state index >= 15 is 0 Å². The molecule has 0 saturated heterocycles. The molecule has 0 aliphatic heterocycles. The minimum atomic E-state index is -0.466. The van der Waals surface area contributed by atoms with Gasteiger partial charge in [0, 0.05) is 4.88 Å². The van der Waals surface area contributed by atoms with Crippen molar-refractivity contribution in [1.29, 1.82) is 0 Å². The van der Waals surface area contributed by atoms with Crippen LogP contribution >= 0.6 is 11.3 Å². The third-order valence-corrected chi connectivity index (χ3v) is 2.77. The number of carbonyl (C=O) groups is 1. The van der Waals surface area contributed by atoms with Gasteiger partial charge in [0.1, 0.15) is 0 Å². The molecule has 1 rings (SSSR count). The van der Waals surface area contributed by atoms with Crippen LogP contribution in [-0.2, 0) is 0 Å². The van der Waals surface area contributed by atoms with Crippen LogP contribution in [0.3, 0.4) is 0 Å². The number of amides is 2. The number of nitrogens with one attached hydrogen (secondary N) is 1. The standard InChI is InChI=1S/C9H14N2OS/c1-6(2)8(11-9(10)12)7-4-3-5-13-7/h3-6,8H,1-2H3,(H3,10,11,12). The highest BCUT2D eigenvalue weighted by atomic mass is 32.1.